The van der Waals surface area contributed by atoms with E-state index in [-0.39, 0.29) is 18.5 Å². The summed E-state index contributed by atoms with van der Waals surface area (Å²) in [5.41, 5.74) is 2.63. The minimum atomic E-state index is -0.340. The van der Waals surface area contributed by atoms with Crippen LogP contribution in [0.1, 0.15) is 21.5 Å². The molecular weight excluding hydrogens is 411 g/mol. The summed E-state index contributed by atoms with van der Waals surface area (Å²) >= 11 is 12.2. The van der Waals surface area contributed by atoms with Crippen LogP contribution in [0.5, 0.6) is 0 Å². The summed E-state index contributed by atoms with van der Waals surface area (Å²) in [5.74, 6) is -0.269. The predicted octanol–water partition coefficient (Wildman–Crippen LogP) is 4.64. The van der Waals surface area contributed by atoms with Crippen molar-refractivity contribution in [3.8, 4) is 0 Å². The number of nitrogens with one attached hydrogen (secondary N) is 3. The molecule has 0 bridgehead atoms. The molecular formula is C21H18Cl2N4O2. The van der Waals surface area contributed by atoms with Crippen molar-refractivity contribution < 1.29 is 9.59 Å². The van der Waals surface area contributed by atoms with Crippen LogP contribution in [0, 0.1) is 0 Å². The first kappa shape index (κ1) is 20.6. The van der Waals surface area contributed by atoms with Gasteiger partial charge >= 0.3 is 6.03 Å². The molecule has 148 valence electrons. The molecule has 0 aliphatic heterocycles. The summed E-state index contributed by atoms with van der Waals surface area (Å²) in [4.78, 5) is 28.2. The van der Waals surface area contributed by atoms with Crippen LogP contribution in [0.2, 0.25) is 10.0 Å². The molecule has 1 aromatic heterocycles. The van der Waals surface area contributed by atoms with Crippen LogP contribution < -0.4 is 16.0 Å². The Morgan fingerprint density at radius 3 is 2.14 bits per heavy atom. The quantitative estimate of drug-likeness (QED) is 0.534. The number of benzene rings is 2. The lowest BCUT2D eigenvalue weighted by molar-refractivity contribution is 0.0951. The van der Waals surface area contributed by atoms with Gasteiger partial charge in [-0.2, -0.15) is 0 Å². The fourth-order valence-electron chi connectivity index (χ4n) is 2.54. The first-order chi connectivity index (χ1) is 14.0. The SMILES string of the molecule is O=C(NCc1ccncc1)Nc1ccc(C(=O)NCc2c(Cl)cccc2Cl)cc1. The maximum atomic E-state index is 12.3. The number of carbonyl (C=O) groups excluding carboxylic acids is 2. The molecule has 0 atom stereocenters. The van der Waals surface area contributed by atoms with Gasteiger partial charge in [-0.1, -0.05) is 29.3 Å². The minimum absolute atomic E-state index is 0.217. The van der Waals surface area contributed by atoms with Gasteiger partial charge in [0.05, 0.1) is 0 Å². The Hall–Kier alpha value is -3.09. The molecule has 0 radical (unpaired) electrons. The van der Waals surface area contributed by atoms with E-state index in [9.17, 15) is 9.59 Å². The number of carbonyl (C=O) groups is 2. The van der Waals surface area contributed by atoms with Crippen molar-refractivity contribution >= 4 is 40.8 Å². The largest absolute Gasteiger partial charge is 0.348 e. The number of hydrogen-bond acceptors (Lipinski definition) is 3. The summed E-state index contributed by atoms with van der Waals surface area (Å²) in [6, 6.07) is 15.1. The molecule has 6 nitrogen and oxygen atoms in total. The van der Waals surface area contributed by atoms with Crippen LogP contribution in [0.3, 0.4) is 0 Å². The molecule has 0 aliphatic rings. The maximum Gasteiger partial charge on any atom is 0.319 e. The van der Waals surface area contributed by atoms with E-state index in [0.717, 1.165) is 5.56 Å². The summed E-state index contributed by atoms with van der Waals surface area (Å²) in [7, 11) is 0. The molecule has 29 heavy (non-hydrogen) atoms. The third kappa shape index (κ3) is 5.94. The molecule has 0 spiro atoms. The molecule has 2 aromatic carbocycles. The summed E-state index contributed by atoms with van der Waals surface area (Å²) in [5, 5.41) is 9.24. The smallest absolute Gasteiger partial charge is 0.319 e. The monoisotopic (exact) mass is 428 g/mol. The van der Waals surface area contributed by atoms with Gasteiger partial charge in [-0.05, 0) is 54.1 Å². The second-order valence-corrected chi connectivity index (χ2v) is 6.94. The van der Waals surface area contributed by atoms with E-state index in [1.807, 2.05) is 12.1 Å². The normalized spacial score (nSPS) is 10.3. The fourth-order valence-corrected chi connectivity index (χ4v) is 3.07. The number of anilines is 1. The van der Waals surface area contributed by atoms with Crippen LogP contribution in [-0.2, 0) is 13.1 Å². The molecule has 0 unspecified atom stereocenters. The second-order valence-electron chi connectivity index (χ2n) is 6.12. The van der Waals surface area contributed by atoms with E-state index in [2.05, 4.69) is 20.9 Å². The number of halogens is 2. The van der Waals surface area contributed by atoms with Crippen molar-refractivity contribution in [2.24, 2.45) is 0 Å². The highest BCUT2D eigenvalue weighted by molar-refractivity contribution is 6.36. The molecule has 3 rings (SSSR count). The lowest BCUT2D eigenvalue weighted by Gasteiger charge is -2.10. The van der Waals surface area contributed by atoms with Crippen molar-refractivity contribution in [3.05, 3.63) is 93.7 Å². The Kier molecular flexibility index (Phi) is 7.05. The molecule has 3 aromatic rings. The van der Waals surface area contributed by atoms with Crippen molar-refractivity contribution in [2.75, 3.05) is 5.32 Å². The zero-order valence-corrected chi connectivity index (χ0v) is 16.8. The maximum absolute atomic E-state index is 12.3. The molecule has 3 amide bonds. The Balaban J connectivity index is 1.51. The Labute approximate surface area is 178 Å². The van der Waals surface area contributed by atoms with E-state index < -0.39 is 0 Å². The standard InChI is InChI=1S/C21H18Cl2N4O2/c22-18-2-1-3-19(23)17(18)13-25-20(28)15-4-6-16(7-5-15)27-21(29)26-12-14-8-10-24-11-9-14/h1-11H,12-13H2,(H,25,28)(H2,26,27,29). The van der Waals surface area contributed by atoms with E-state index in [1.54, 1.807) is 54.9 Å². The third-order valence-corrected chi connectivity index (χ3v) is 4.80. The second kappa shape index (κ2) is 9.91. The lowest BCUT2D eigenvalue weighted by Crippen LogP contribution is -2.28. The van der Waals surface area contributed by atoms with Crippen LogP contribution in [-0.4, -0.2) is 16.9 Å². The minimum Gasteiger partial charge on any atom is -0.348 e. The van der Waals surface area contributed by atoms with Crippen molar-refractivity contribution in [1.29, 1.82) is 0 Å². The zero-order valence-electron chi connectivity index (χ0n) is 15.3. The number of rotatable bonds is 6. The fraction of sp³-hybridized carbons (Fsp3) is 0.0952. The highest BCUT2D eigenvalue weighted by Gasteiger charge is 2.10. The molecule has 8 heteroatoms. The molecule has 0 fully saturated rings. The highest BCUT2D eigenvalue weighted by atomic mass is 35.5. The Morgan fingerprint density at radius 1 is 0.828 bits per heavy atom. The summed E-state index contributed by atoms with van der Waals surface area (Å²) < 4.78 is 0. The number of pyridine rings is 1. The molecule has 3 N–H and O–H groups in total. The van der Waals surface area contributed by atoms with Crippen LogP contribution in [0.15, 0.2) is 67.0 Å². The summed E-state index contributed by atoms with van der Waals surface area (Å²) in [6.45, 7) is 0.605. The first-order valence-corrected chi connectivity index (χ1v) is 9.53. The van der Waals surface area contributed by atoms with Gasteiger partial charge in [0.15, 0.2) is 0 Å². The predicted molar refractivity (Wildman–Crippen MR) is 114 cm³/mol. The van der Waals surface area contributed by atoms with Gasteiger partial charge < -0.3 is 16.0 Å². The van der Waals surface area contributed by atoms with E-state index in [4.69, 9.17) is 23.2 Å². The van der Waals surface area contributed by atoms with Crippen LogP contribution in [0.4, 0.5) is 10.5 Å². The number of nitrogens with zero attached hydrogens (tertiary/aromatic N) is 1. The van der Waals surface area contributed by atoms with Gasteiger partial charge in [0.2, 0.25) is 0 Å². The van der Waals surface area contributed by atoms with Gasteiger partial charge in [0.1, 0.15) is 0 Å². The molecule has 0 saturated carbocycles. The van der Waals surface area contributed by atoms with Gasteiger partial charge in [-0.15, -0.1) is 0 Å². The van der Waals surface area contributed by atoms with Gasteiger partial charge in [0, 0.05) is 52.3 Å². The Bertz CT molecular complexity index is 975. The topological polar surface area (TPSA) is 83.1 Å². The van der Waals surface area contributed by atoms with E-state index in [1.165, 1.54) is 0 Å². The number of hydrogen-bond donors (Lipinski definition) is 3. The van der Waals surface area contributed by atoms with Crippen molar-refractivity contribution in [2.45, 2.75) is 13.1 Å². The van der Waals surface area contributed by atoms with Gasteiger partial charge in [-0.3, -0.25) is 9.78 Å². The third-order valence-electron chi connectivity index (χ3n) is 4.09. The zero-order chi connectivity index (χ0) is 20.6. The van der Waals surface area contributed by atoms with Gasteiger partial charge in [-0.25, -0.2) is 4.79 Å². The number of urea groups is 1. The van der Waals surface area contributed by atoms with E-state index in [0.29, 0.717) is 33.4 Å². The highest BCUT2D eigenvalue weighted by Crippen LogP contribution is 2.24. The van der Waals surface area contributed by atoms with Crippen molar-refractivity contribution in [1.82, 2.24) is 15.6 Å². The molecule has 0 aliphatic carbocycles. The number of amides is 3. The van der Waals surface area contributed by atoms with Crippen LogP contribution in [0.25, 0.3) is 0 Å². The average molecular weight is 429 g/mol. The first-order valence-electron chi connectivity index (χ1n) is 8.78. The Morgan fingerprint density at radius 2 is 1.48 bits per heavy atom. The van der Waals surface area contributed by atoms with Crippen molar-refractivity contribution in [3.63, 3.8) is 0 Å². The average Bonchev–Trinajstić information content (AvgIpc) is 2.73. The lowest BCUT2D eigenvalue weighted by atomic mass is 10.1. The molecule has 1 heterocycles. The molecule has 0 saturated heterocycles. The van der Waals surface area contributed by atoms with Crippen LogP contribution >= 0.6 is 23.2 Å². The van der Waals surface area contributed by atoms with Gasteiger partial charge in [0.25, 0.3) is 5.91 Å². The van der Waals surface area contributed by atoms with E-state index >= 15 is 0 Å². The summed E-state index contributed by atoms with van der Waals surface area (Å²) in [6.07, 6.45) is 3.33. The number of aromatic nitrogens is 1.